The van der Waals surface area contributed by atoms with E-state index < -0.39 is 19.7 Å². The number of nitrogens with zero attached hydrogens (tertiary/aromatic N) is 3. The molecule has 0 spiro atoms. The molecule has 0 amide bonds. The molecule has 0 radical (unpaired) electrons. The number of aromatic nitrogens is 3. The highest BCUT2D eigenvalue weighted by molar-refractivity contribution is 7.91. The molecule has 3 N–H and O–H groups in total. The van der Waals surface area contributed by atoms with Crippen molar-refractivity contribution in [3.05, 3.63) is 73.2 Å². The molecule has 0 unspecified atom stereocenters. The number of benzene rings is 2. The molecule has 0 aliphatic carbocycles. The van der Waals surface area contributed by atoms with Gasteiger partial charge in [-0.1, -0.05) is 18.2 Å². The molecule has 0 aliphatic heterocycles. The van der Waals surface area contributed by atoms with E-state index in [1.165, 1.54) is 12.6 Å². The molecule has 4 aromatic rings. The van der Waals surface area contributed by atoms with E-state index in [0.717, 1.165) is 5.39 Å². The highest BCUT2D eigenvalue weighted by Crippen LogP contribution is 2.26. The van der Waals surface area contributed by atoms with Crippen molar-refractivity contribution in [1.29, 1.82) is 0 Å². The van der Waals surface area contributed by atoms with Crippen LogP contribution < -0.4 is 16.0 Å². The highest BCUT2D eigenvalue weighted by Gasteiger charge is 2.17. The molecule has 4 rings (SSSR count). The molecular formula is C24H26N6O4S2. The van der Waals surface area contributed by atoms with Crippen molar-refractivity contribution in [3.8, 4) is 0 Å². The zero-order valence-electron chi connectivity index (χ0n) is 19.5. The van der Waals surface area contributed by atoms with Gasteiger partial charge in [-0.3, -0.25) is 0 Å². The second-order valence-electron chi connectivity index (χ2n) is 8.08. The van der Waals surface area contributed by atoms with Crippen molar-refractivity contribution in [3.63, 3.8) is 0 Å². The first-order valence-electron chi connectivity index (χ1n) is 11.1. The van der Waals surface area contributed by atoms with Gasteiger partial charge in [0.25, 0.3) is 0 Å². The van der Waals surface area contributed by atoms with E-state index in [0.29, 0.717) is 42.5 Å². The van der Waals surface area contributed by atoms with Gasteiger partial charge >= 0.3 is 0 Å². The Bertz CT molecular complexity index is 1550. The largest absolute Gasteiger partial charge is 0.369 e. The Balaban J connectivity index is 1.44. The van der Waals surface area contributed by atoms with Crippen molar-refractivity contribution < 1.29 is 16.8 Å². The monoisotopic (exact) mass is 526 g/mol. The van der Waals surface area contributed by atoms with E-state index in [1.54, 1.807) is 60.8 Å². The van der Waals surface area contributed by atoms with Crippen LogP contribution in [0.25, 0.3) is 10.9 Å². The van der Waals surface area contributed by atoms with Gasteiger partial charge in [-0.15, -0.1) is 0 Å². The van der Waals surface area contributed by atoms with Gasteiger partial charge in [-0.2, -0.15) is 0 Å². The predicted octanol–water partition coefficient (Wildman–Crippen LogP) is 2.65. The van der Waals surface area contributed by atoms with Crippen LogP contribution in [0.3, 0.4) is 0 Å². The average Bonchev–Trinajstić information content (AvgIpc) is 2.86. The quantitative estimate of drug-likeness (QED) is 0.250. The van der Waals surface area contributed by atoms with E-state index in [9.17, 15) is 16.8 Å². The zero-order chi connectivity index (χ0) is 25.6. The molecule has 188 valence electrons. The summed E-state index contributed by atoms with van der Waals surface area (Å²) in [6.07, 6.45) is 4.27. The summed E-state index contributed by atoms with van der Waals surface area (Å²) in [5, 5.41) is 10.2. The molecule has 0 saturated carbocycles. The van der Waals surface area contributed by atoms with Gasteiger partial charge in [0.15, 0.2) is 0 Å². The summed E-state index contributed by atoms with van der Waals surface area (Å²) >= 11 is 0. The third-order valence-corrected chi connectivity index (χ3v) is 7.99. The molecule has 0 bridgehead atoms. The summed E-state index contributed by atoms with van der Waals surface area (Å²) in [6.45, 7) is 1.51. The van der Waals surface area contributed by atoms with Gasteiger partial charge < -0.3 is 16.0 Å². The van der Waals surface area contributed by atoms with Gasteiger partial charge in [0.1, 0.15) is 27.8 Å². The Morgan fingerprint density at radius 3 is 2.25 bits per heavy atom. The van der Waals surface area contributed by atoms with Crippen LogP contribution in [0, 0.1) is 0 Å². The molecule has 36 heavy (non-hydrogen) atoms. The molecule has 0 saturated heterocycles. The second-order valence-corrected chi connectivity index (χ2v) is 12.3. The molecular weight excluding hydrogens is 500 g/mol. The van der Waals surface area contributed by atoms with Crippen LogP contribution in [0.4, 0.5) is 17.3 Å². The Hall–Kier alpha value is -3.61. The number of hydrogen-bond donors (Lipinski definition) is 3. The summed E-state index contributed by atoms with van der Waals surface area (Å²) < 4.78 is 48.0. The smallest absolute Gasteiger partial charge is 0.206 e. The number of rotatable bonds is 11. The topological polar surface area (TPSA) is 143 Å². The Morgan fingerprint density at radius 2 is 1.53 bits per heavy atom. The number of nitrogens with one attached hydrogen (secondary N) is 3. The number of anilines is 3. The van der Waals surface area contributed by atoms with E-state index in [2.05, 4.69) is 30.9 Å². The fourth-order valence-electron chi connectivity index (χ4n) is 3.41. The fourth-order valence-corrected chi connectivity index (χ4v) is 5.20. The minimum atomic E-state index is -3.60. The van der Waals surface area contributed by atoms with E-state index in [-0.39, 0.29) is 15.5 Å². The van der Waals surface area contributed by atoms with E-state index in [4.69, 9.17) is 0 Å². The zero-order valence-corrected chi connectivity index (χ0v) is 21.2. The lowest BCUT2D eigenvalue weighted by Gasteiger charge is -2.11. The Kier molecular flexibility index (Phi) is 7.77. The summed E-state index contributed by atoms with van der Waals surface area (Å²) in [5.41, 5.74) is 1.32. The molecule has 12 heteroatoms. The average molecular weight is 527 g/mol. The summed E-state index contributed by atoms with van der Waals surface area (Å²) in [6, 6.07) is 16.6. The summed E-state index contributed by atoms with van der Waals surface area (Å²) in [5.74, 6) is 1.26. The maximum atomic E-state index is 12.8. The first-order chi connectivity index (χ1) is 17.2. The van der Waals surface area contributed by atoms with Crippen molar-refractivity contribution in [2.45, 2.75) is 9.79 Å². The number of hydrogen-bond acceptors (Lipinski definition) is 10. The van der Waals surface area contributed by atoms with Crippen LogP contribution in [-0.4, -0.2) is 63.4 Å². The van der Waals surface area contributed by atoms with Gasteiger partial charge in [0, 0.05) is 37.0 Å². The van der Waals surface area contributed by atoms with Crippen LogP contribution >= 0.6 is 0 Å². The lowest BCUT2D eigenvalue weighted by atomic mass is 10.2. The van der Waals surface area contributed by atoms with Gasteiger partial charge in [0.05, 0.1) is 27.3 Å². The lowest BCUT2D eigenvalue weighted by molar-refractivity contribution is 0.595. The van der Waals surface area contributed by atoms with Crippen molar-refractivity contribution in [2.75, 3.05) is 42.3 Å². The number of sulfone groups is 2. The minimum Gasteiger partial charge on any atom is -0.369 e. The van der Waals surface area contributed by atoms with Crippen molar-refractivity contribution in [1.82, 2.24) is 20.3 Å². The molecule has 2 heterocycles. The summed E-state index contributed by atoms with van der Waals surface area (Å²) in [7, 11) is -6.58. The normalized spacial score (nSPS) is 11.9. The Labute approximate surface area is 210 Å². The summed E-state index contributed by atoms with van der Waals surface area (Å²) in [4.78, 5) is 13.4. The molecule has 10 nitrogen and oxygen atoms in total. The third-order valence-electron chi connectivity index (χ3n) is 5.26. The second kappa shape index (κ2) is 11.0. The van der Waals surface area contributed by atoms with Crippen molar-refractivity contribution >= 4 is 47.9 Å². The van der Waals surface area contributed by atoms with Crippen molar-refractivity contribution in [2.24, 2.45) is 0 Å². The van der Waals surface area contributed by atoms with Crippen LogP contribution in [-0.2, 0) is 19.7 Å². The Morgan fingerprint density at radius 1 is 0.806 bits per heavy atom. The molecule has 2 aromatic carbocycles. The first kappa shape index (κ1) is 25.5. The molecule has 0 aliphatic rings. The van der Waals surface area contributed by atoms with Gasteiger partial charge in [-0.05, 0) is 42.5 Å². The molecule has 2 aromatic heterocycles. The fraction of sp³-hybridized carbons (Fsp3) is 0.208. The maximum Gasteiger partial charge on any atom is 0.206 e. The minimum absolute atomic E-state index is 0.0900. The molecule has 0 atom stereocenters. The lowest BCUT2D eigenvalue weighted by Crippen LogP contribution is -2.27. The van der Waals surface area contributed by atoms with Gasteiger partial charge in [-0.25, -0.2) is 31.8 Å². The highest BCUT2D eigenvalue weighted by atomic mass is 32.2. The van der Waals surface area contributed by atoms with Gasteiger partial charge in [0.2, 0.25) is 9.84 Å². The SMILES string of the molecule is CS(=O)(=O)CCNCCNc1cc2c(Nc3ccc(S(=O)(=O)c4ccccc4)cc3)ncnc2cn1. The molecule has 0 fully saturated rings. The predicted molar refractivity (Wildman–Crippen MR) is 140 cm³/mol. The number of fused-ring (bicyclic) bond motifs is 1. The third kappa shape index (κ3) is 6.53. The van der Waals surface area contributed by atoms with Crippen LogP contribution in [0.15, 0.2) is 83.0 Å². The standard InChI is InChI=1S/C24H26N6O4S2/c1-35(31,32)14-13-25-11-12-26-23-15-21-22(16-27-23)28-17-29-24(21)30-18-7-9-20(10-8-18)36(33,34)19-5-3-2-4-6-19/h2-10,15-17,25H,11-14H2,1H3,(H,26,27)(H,28,29,30). The van der Waals surface area contributed by atoms with E-state index in [1.807, 2.05) is 6.07 Å². The maximum absolute atomic E-state index is 12.8. The first-order valence-corrected chi connectivity index (χ1v) is 14.7. The van der Waals surface area contributed by atoms with Crippen LogP contribution in [0.5, 0.6) is 0 Å². The van der Waals surface area contributed by atoms with Crippen LogP contribution in [0.2, 0.25) is 0 Å². The number of pyridine rings is 1. The van der Waals surface area contributed by atoms with E-state index >= 15 is 0 Å². The van der Waals surface area contributed by atoms with Crippen LogP contribution in [0.1, 0.15) is 0 Å².